The topological polar surface area (TPSA) is 26.2 Å². The number of nitrogens with one attached hydrogen (secondary N) is 1. The van der Waals surface area contributed by atoms with E-state index in [-0.39, 0.29) is 11.9 Å². The van der Waals surface area contributed by atoms with E-state index in [0.29, 0.717) is 6.61 Å². The van der Waals surface area contributed by atoms with Gasteiger partial charge >= 0.3 is 0 Å². The zero-order valence-electron chi connectivity index (χ0n) is 15.1. The predicted octanol–water partition coefficient (Wildman–Crippen LogP) is 4.56. The summed E-state index contributed by atoms with van der Waals surface area (Å²) >= 11 is 0. The van der Waals surface area contributed by atoms with Crippen molar-refractivity contribution in [3.8, 4) is 16.9 Å². The van der Waals surface area contributed by atoms with Crippen LogP contribution in [0.5, 0.6) is 0 Å². The minimum Gasteiger partial charge on any atom is -0.378 e. The van der Waals surface area contributed by atoms with Gasteiger partial charge < -0.3 is 14.6 Å². The van der Waals surface area contributed by atoms with Crippen molar-refractivity contribution in [1.82, 2.24) is 9.88 Å². The molecule has 26 heavy (non-hydrogen) atoms. The summed E-state index contributed by atoms with van der Waals surface area (Å²) in [5.74, 6) is -0.224. The molecule has 3 nitrogen and oxygen atoms in total. The van der Waals surface area contributed by atoms with Crippen molar-refractivity contribution in [1.29, 1.82) is 0 Å². The minimum atomic E-state index is -0.224. The van der Waals surface area contributed by atoms with Gasteiger partial charge in [0.1, 0.15) is 5.82 Å². The van der Waals surface area contributed by atoms with Crippen molar-refractivity contribution in [2.45, 2.75) is 19.9 Å². The molecular weight excluding hydrogens is 327 g/mol. The van der Waals surface area contributed by atoms with Gasteiger partial charge in [0.05, 0.1) is 24.9 Å². The SMILES string of the molecule is Cc1ccc(-c2cc(C3COCCN3)c(C)n2-c2ccc(F)cc2)cc1. The van der Waals surface area contributed by atoms with Crippen LogP contribution in [0.4, 0.5) is 4.39 Å². The van der Waals surface area contributed by atoms with Gasteiger partial charge in [0.2, 0.25) is 0 Å². The van der Waals surface area contributed by atoms with Crippen LogP contribution in [0.25, 0.3) is 16.9 Å². The molecule has 0 radical (unpaired) electrons. The normalized spacial score (nSPS) is 17.4. The molecule has 0 saturated carbocycles. The first-order valence-corrected chi connectivity index (χ1v) is 9.00. The van der Waals surface area contributed by atoms with E-state index in [2.05, 4.69) is 54.1 Å². The lowest BCUT2D eigenvalue weighted by molar-refractivity contribution is 0.0767. The smallest absolute Gasteiger partial charge is 0.123 e. The van der Waals surface area contributed by atoms with E-state index in [4.69, 9.17) is 4.74 Å². The monoisotopic (exact) mass is 350 g/mol. The number of hydrogen-bond acceptors (Lipinski definition) is 2. The molecule has 4 rings (SSSR count). The van der Waals surface area contributed by atoms with Gasteiger partial charge in [0.15, 0.2) is 0 Å². The number of rotatable bonds is 3. The fraction of sp³-hybridized carbons (Fsp3) is 0.273. The van der Waals surface area contributed by atoms with Gasteiger partial charge in [-0.2, -0.15) is 0 Å². The van der Waals surface area contributed by atoms with E-state index in [1.807, 2.05) is 12.1 Å². The molecule has 1 aromatic heterocycles. The van der Waals surface area contributed by atoms with Crippen molar-refractivity contribution >= 4 is 0 Å². The summed E-state index contributed by atoms with van der Waals surface area (Å²) in [6, 6.07) is 17.6. The van der Waals surface area contributed by atoms with Crippen molar-refractivity contribution in [3.05, 3.63) is 77.2 Å². The van der Waals surface area contributed by atoms with E-state index in [9.17, 15) is 4.39 Å². The second-order valence-electron chi connectivity index (χ2n) is 6.83. The molecule has 3 aromatic rings. The van der Waals surface area contributed by atoms with Crippen LogP contribution >= 0.6 is 0 Å². The summed E-state index contributed by atoms with van der Waals surface area (Å²) in [5, 5.41) is 3.54. The minimum absolute atomic E-state index is 0.176. The highest BCUT2D eigenvalue weighted by molar-refractivity contribution is 5.66. The number of nitrogens with zero attached hydrogens (tertiary/aromatic N) is 1. The fourth-order valence-electron chi connectivity index (χ4n) is 3.60. The second-order valence-corrected chi connectivity index (χ2v) is 6.83. The molecule has 1 fully saturated rings. The van der Waals surface area contributed by atoms with Crippen molar-refractivity contribution in [2.24, 2.45) is 0 Å². The fourth-order valence-corrected chi connectivity index (χ4v) is 3.60. The number of benzene rings is 2. The third-order valence-corrected chi connectivity index (χ3v) is 5.02. The number of aromatic nitrogens is 1. The Hall–Kier alpha value is -2.43. The summed E-state index contributed by atoms with van der Waals surface area (Å²) < 4.78 is 21.3. The van der Waals surface area contributed by atoms with Crippen molar-refractivity contribution < 1.29 is 9.13 Å². The van der Waals surface area contributed by atoms with Gasteiger partial charge in [-0.25, -0.2) is 4.39 Å². The number of hydrogen-bond donors (Lipinski definition) is 1. The molecule has 1 aliphatic heterocycles. The van der Waals surface area contributed by atoms with E-state index < -0.39 is 0 Å². The molecule has 0 aliphatic carbocycles. The molecule has 1 N–H and O–H groups in total. The zero-order chi connectivity index (χ0) is 18.1. The lowest BCUT2D eigenvalue weighted by Gasteiger charge is -2.24. The Morgan fingerprint density at radius 2 is 1.77 bits per heavy atom. The van der Waals surface area contributed by atoms with Crippen LogP contribution in [0.3, 0.4) is 0 Å². The Bertz CT molecular complexity index is 891. The Morgan fingerprint density at radius 3 is 2.42 bits per heavy atom. The lowest BCUT2D eigenvalue weighted by atomic mass is 10.1. The quantitative estimate of drug-likeness (QED) is 0.749. The number of aryl methyl sites for hydroxylation is 1. The highest BCUT2D eigenvalue weighted by Gasteiger charge is 2.23. The molecule has 1 aliphatic rings. The van der Waals surface area contributed by atoms with Crippen molar-refractivity contribution in [2.75, 3.05) is 19.8 Å². The van der Waals surface area contributed by atoms with E-state index >= 15 is 0 Å². The maximum atomic E-state index is 13.4. The van der Waals surface area contributed by atoms with Crippen LogP contribution in [0.15, 0.2) is 54.6 Å². The third-order valence-electron chi connectivity index (χ3n) is 5.02. The van der Waals surface area contributed by atoms with Gasteiger partial charge in [0.25, 0.3) is 0 Å². The van der Waals surface area contributed by atoms with Gasteiger partial charge in [-0.1, -0.05) is 29.8 Å². The standard InChI is InChI=1S/C22H23FN2O/c1-15-3-5-17(6-4-15)22-13-20(21-14-26-12-11-24-21)16(2)25(22)19-9-7-18(23)8-10-19/h3-10,13,21,24H,11-12,14H2,1-2H3. The van der Waals surface area contributed by atoms with Crippen LogP contribution < -0.4 is 5.32 Å². The second kappa shape index (κ2) is 7.06. The molecule has 1 saturated heterocycles. The molecule has 2 heterocycles. The largest absolute Gasteiger partial charge is 0.378 e. The highest BCUT2D eigenvalue weighted by atomic mass is 19.1. The predicted molar refractivity (Wildman–Crippen MR) is 102 cm³/mol. The zero-order valence-corrected chi connectivity index (χ0v) is 15.1. The van der Waals surface area contributed by atoms with E-state index in [0.717, 1.165) is 35.8 Å². The highest BCUT2D eigenvalue weighted by Crippen LogP contribution is 2.33. The van der Waals surface area contributed by atoms with Crippen LogP contribution in [0.1, 0.15) is 22.9 Å². The molecule has 134 valence electrons. The average molecular weight is 350 g/mol. The van der Waals surface area contributed by atoms with Gasteiger partial charge in [-0.3, -0.25) is 0 Å². The Kier molecular flexibility index (Phi) is 4.62. The summed E-state index contributed by atoms with van der Waals surface area (Å²) in [4.78, 5) is 0. The van der Waals surface area contributed by atoms with Crippen LogP contribution in [0, 0.1) is 19.7 Å². The van der Waals surface area contributed by atoms with Crippen LogP contribution in [0.2, 0.25) is 0 Å². The van der Waals surface area contributed by atoms with Crippen molar-refractivity contribution in [3.63, 3.8) is 0 Å². The number of halogens is 1. The van der Waals surface area contributed by atoms with Crippen LogP contribution in [-0.2, 0) is 4.74 Å². The molecular formula is C22H23FN2O. The lowest BCUT2D eigenvalue weighted by Crippen LogP contribution is -2.34. The molecule has 0 amide bonds. The van der Waals surface area contributed by atoms with Gasteiger partial charge in [-0.15, -0.1) is 0 Å². The molecule has 0 bridgehead atoms. The Labute approximate surface area is 153 Å². The van der Waals surface area contributed by atoms with E-state index in [1.165, 1.54) is 23.3 Å². The summed E-state index contributed by atoms with van der Waals surface area (Å²) in [5.41, 5.74) is 6.82. The number of ether oxygens (including phenoxy) is 1. The molecule has 1 unspecified atom stereocenters. The maximum Gasteiger partial charge on any atom is 0.123 e. The first kappa shape index (κ1) is 17.0. The average Bonchev–Trinajstić information content (AvgIpc) is 3.01. The number of morpholine rings is 1. The maximum absolute atomic E-state index is 13.4. The molecule has 4 heteroatoms. The third kappa shape index (κ3) is 3.18. The first-order chi connectivity index (χ1) is 12.6. The molecule has 0 spiro atoms. The molecule has 2 aromatic carbocycles. The summed E-state index contributed by atoms with van der Waals surface area (Å²) in [6.07, 6.45) is 0. The van der Waals surface area contributed by atoms with Gasteiger partial charge in [0, 0.05) is 17.9 Å². The Balaban J connectivity index is 1.87. The van der Waals surface area contributed by atoms with Gasteiger partial charge in [-0.05, 0) is 55.3 Å². The van der Waals surface area contributed by atoms with Crippen LogP contribution in [-0.4, -0.2) is 24.3 Å². The molecule has 1 atom stereocenters. The van der Waals surface area contributed by atoms with E-state index in [1.54, 1.807) is 0 Å². The first-order valence-electron chi connectivity index (χ1n) is 9.00. The Morgan fingerprint density at radius 1 is 1.04 bits per heavy atom. The summed E-state index contributed by atoms with van der Waals surface area (Å²) in [7, 11) is 0. The summed E-state index contributed by atoms with van der Waals surface area (Å²) in [6.45, 7) is 6.47.